The summed E-state index contributed by atoms with van der Waals surface area (Å²) >= 11 is 0. The third kappa shape index (κ3) is 2.72. The SMILES string of the molecule is C[C@@H](C(=O)O)N(C)C(=O)c1cc(N)ccc1F. The maximum atomic E-state index is 13.4. The van der Waals surface area contributed by atoms with Crippen LogP contribution in [0.15, 0.2) is 18.2 Å². The van der Waals surface area contributed by atoms with E-state index in [1.165, 1.54) is 26.1 Å². The van der Waals surface area contributed by atoms with Crippen molar-refractivity contribution in [2.75, 3.05) is 12.8 Å². The molecule has 17 heavy (non-hydrogen) atoms. The van der Waals surface area contributed by atoms with Gasteiger partial charge in [0.25, 0.3) is 5.91 Å². The summed E-state index contributed by atoms with van der Waals surface area (Å²) in [5.74, 6) is -2.61. The molecule has 0 saturated carbocycles. The maximum Gasteiger partial charge on any atom is 0.326 e. The molecule has 0 aliphatic heterocycles. The quantitative estimate of drug-likeness (QED) is 0.770. The minimum atomic E-state index is -1.16. The second-order valence-corrected chi connectivity index (χ2v) is 3.67. The van der Waals surface area contributed by atoms with E-state index < -0.39 is 23.7 Å². The number of nitrogens with two attached hydrogens (primary N) is 1. The number of rotatable bonds is 3. The van der Waals surface area contributed by atoms with Gasteiger partial charge < -0.3 is 15.7 Å². The van der Waals surface area contributed by atoms with Crippen molar-refractivity contribution in [3.8, 4) is 0 Å². The number of carbonyl (C=O) groups excluding carboxylic acids is 1. The lowest BCUT2D eigenvalue weighted by Gasteiger charge is -2.21. The molecule has 0 unspecified atom stereocenters. The Morgan fingerprint density at radius 3 is 2.59 bits per heavy atom. The van der Waals surface area contributed by atoms with Crippen molar-refractivity contribution in [3.63, 3.8) is 0 Å². The average Bonchev–Trinajstić information content (AvgIpc) is 2.29. The van der Waals surface area contributed by atoms with Gasteiger partial charge in [-0.2, -0.15) is 0 Å². The predicted molar refractivity (Wildman–Crippen MR) is 60.0 cm³/mol. The van der Waals surface area contributed by atoms with Crippen LogP contribution in [-0.2, 0) is 4.79 Å². The first kappa shape index (κ1) is 13.0. The molecule has 1 amide bonds. The van der Waals surface area contributed by atoms with E-state index in [0.717, 1.165) is 11.0 Å². The summed E-state index contributed by atoms with van der Waals surface area (Å²) in [4.78, 5) is 23.5. The van der Waals surface area contributed by atoms with Gasteiger partial charge in [-0.1, -0.05) is 0 Å². The van der Waals surface area contributed by atoms with Crippen molar-refractivity contribution >= 4 is 17.6 Å². The van der Waals surface area contributed by atoms with Gasteiger partial charge in [0.15, 0.2) is 0 Å². The Labute approximate surface area is 97.6 Å². The molecule has 0 saturated heterocycles. The summed E-state index contributed by atoms with van der Waals surface area (Å²) < 4.78 is 13.4. The highest BCUT2D eigenvalue weighted by Gasteiger charge is 2.24. The number of benzene rings is 1. The van der Waals surface area contributed by atoms with E-state index in [1.807, 2.05) is 0 Å². The van der Waals surface area contributed by atoms with Gasteiger partial charge in [0.2, 0.25) is 0 Å². The first-order valence-electron chi connectivity index (χ1n) is 4.89. The Kier molecular flexibility index (Phi) is 3.67. The molecule has 3 N–H and O–H groups in total. The molecule has 0 bridgehead atoms. The monoisotopic (exact) mass is 240 g/mol. The number of halogens is 1. The molecule has 92 valence electrons. The van der Waals surface area contributed by atoms with Crippen LogP contribution in [0.1, 0.15) is 17.3 Å². The number of amides is 1. The summed E-state index contributed by atoms with van der Waals surface area (Å²) in [5, 5.41) is 8.76. The van der Waals surface area contributed by atoms with Gasteiger partial charge in [-0.05, 0) is 25.1 Å². The van der Waals surface area contributed by atoms with Crippen molar-refractivity contribution in [1.29, 1.82) is 0 Å². The van der Waals surface area contributed by atoms with Crippen molar-refractivity contribution in [1.82, 2.24) is 4.90 Å². The molecule has 0 radical (unpaired) electrons. The van der Waals surface area contributed by atoms with Crippen LogP contribution in [0, 0.1) is 5.82 Å². The van der Waals surface area contributed by atoms with E-state index in [0.29, 0.717) is 0 Å². The molecule has 0 heterocycles. The molecule has 6 heteroatoms. The highest BCUT2D eigenvalue weighted by atomic mass is 19.1. The Morgan fingerprint density at radius 2 is 2.06 bits per heavy atom. The van der Waals surface area contributed by atoms with Gasteiger partial charge in [-0.3, -0.25) is 4.79 Å². The molecule has 1 aromatic carbocycles. The second kappa shape index (κ2) is 4.82. The number of nitrogens with zero attached hydrogens (tertiary/aromatic N) is 1. The number of hydrogen-bond acceptors (Lipinski definition) is 3. The van der Waals surface area contributed by atoms with Crippen LogP contribution in [-0.4, -0.2) is 35.0 Å². The van der Waals surface area contributed by atoms with E-state index in [2.05, 4.69) is 0 Å². The standard InChI is InChI=1S/C11H13FN2O3/c1-6(11(16)17)14(2)10(15)8-5-7(13)3-4-9(8)12/h3-6H,13H2,1-2H3,(H,16,17)/t6-/m0/s1. The van der Waals surface area contributed by atoms with Crippen LogP contribution in [0.2, 0.25) is 0 Å². The summed E-state index contributed by atoms with van der Waals surface area (Å²) in [5.41, 5.74) is 5.45. The fourth-order valence-corrected chi connectivity index (χ4v) is 1.24. The van der Waals surface area contributed by atoms with Gasteiger partial charge in [-0.25, -0.2) is 9.18 Å². The van der Waals surface area contributed by atoms with E-state index in [4.69, 9.17) is 10.8 Å². The van der Waals surface area contributed by atoms with Crippen LogP contribution >= 0.6 is 0 Å². The molecule has 0 aliphatic rings. The van der Waals surface area contributed by atoms with Gasteiger partial charge >= 0.3 is 5.97 Å². The van der Waals surface area contributed by atoms with E-state index in [-0.39, 0.29) is 11.3 Å². The molecular formula is C11H13FN2O3. The number of hydrogen-bond donors (Lipinski definition) is 2. The third-order valence-corrected chi connectivity index (χ3v) is 2.48. The summed E-state index contributed by atoms with van der Waals surface area (Å²) in [6.07, 6.45) is 0. The zero-order chi connectivity index (χ0) is 13.2. The van der Waals surface area contributed by atoms with Crippen molar-refractivity contribution in [2.45, 2.75) is 13.0 Å². The molecule has 0 aromatic heterocycles. The van der Waals surface area contributed by atoms with Crippen molar-refractivity contribution < 1.29 is 19.1 Å². The Hall–Kier alpha value is -2.11. The lowest BCUT2D eigenvalue weighted by molar-refractivity contribution is -0.141. The maximum absolute atomic E-state index is 13.4. The van der Waals surface area contributed by atoms with Crippen LogP contribution in [0.4, 0.5) is 10.1 Å². The summed E-state index contributed by atoms with van der Waals surface area (Å²) in [7, 11) is 1.30. The number of anilines is 1. The highest BCUT2D eigenvalue weighted by Crippen LogP contribution is 2.15. The lowest BCUT2D eigenvalue weighted by atomic mass is 10.1. The molecule has 1 rings (SSSR count). The van der Waals surface area contributed by atoms with Gasteiger partial charge in [0.1, 0.15) is 11.9 Å². The zero-order valence-corrected chi connectivity index (χ0v) is 9.48. The summed E-state index contributed by atoms with van der Waals surface area (Å²) in [6, 6.07) is 2.54. The van der Waals surface area contributed by atoms with Gasteiger partial charge in [0.05, 0.1) is 5.56 Å². The van der Waals surface area contributed by atoms with Gasteiger partial charge in [-0.15, -0.1) is 0 Å². The number of aliphatic carboxylic acids is 1. The van der Waals surface area contributed by atoms with Crippen LogP contribution < -0.4 is 5.73 Å². The molecule has 0 fully saturated rings. The fraction of sp³-hybridized carbons (Fsp3) is 0.273. The lowest BCUT2D eigenvalue weighted by Crippen LogP contribution is -2.40. The average molecular weight is 240 g/mol. The van der Waals surface area contributed by atoms with E-state index in [1.54, 1.807) is 0 Å². The summed E-state index contributed by atoms with van der Waals surface area (Å²) in [6.45, 7) is 1.34. The number of carboxylic acids is 1. The fourth-order valence-electron chi connectivity index (χ4n) is 1.24. The second-order valence-electron chi connectivity index (χ2n) is 3.67. The Bertz CT molecular complexity index is 462. The van der Waals surface area contributed by atoms with Crippen LogP contribution in [0.25, 0.3) is 0 Å². The Morgan fingerprint density at radius 1 is 1.47 bits per heavy atom. The van der Waals surface area contributed by atoms with E-state index in [9.17, 15) is 14.0 Å². The number of carbonyl (C=O) groups is 2. The minimum absolute atomic E-state index is 0.236. The highest BCUT2D eigenvalue weighted by molar-refractivity contribution is 5.97. The Balaban J connectivity index is 3.04. The number of nitrogen functional groups attached to an aromatic ring is 1. The number of carboxylic acid groups (broad SMARTS) is 1. The van der Waals surface area contributed by atoms with E-state index >= 15 is 0 Å². The van der Waals surface area contributed by atoms with Crippen LogP contribution in [0.5, 0.6) is 0 Å². The molecule has 1 atom stereocenters. The topological polar surface area (TPSA) is 83.6 Å². The number of likely N-dealkylation sites (N-methyl/N-ethyl adjacent to an activating group) is 1. The molecule has 0 spiro atoms. The smallest absolute Gasteiger partial charge is 0.326 e. The molecule has 5 nitrogen and oxygen atoms in total. The first-order chi connectivity index (χ1) is 7.84. The normalized spacial score (nSPS) is 11.9. The van der Waals surface area contributed by atoms with Crippen LogP contribution in [0.3, 0.4) is 0 Å². The van der Waals surface area contributed by atoms with Crippen molar-refractivity contribution in [3.05, 3.63) is 29.6 Å². The van der Waals surface area contributed by atoms with Gasteiger partial charge in [0, 0.05) is 12.7 Å². The molecule has 1 aromatic rings. The van der Waals surface area contributed by atoms with Crippen molar-refractivity contribution in [2.24, 2.45) is 0 Å². The molecule has 0 aliphatic carbocycles. The minimum Gasteiger partial charge on any atom is -0.480 e. The molecular weight excluding hydrogens is 227 g/mol. The first-order valence-corrected chi connectivity index (χ1v) is 4.89. The predicted octanol–water partition coefficient (Wildman–Crippen LogP) is 0.953. The third-order valence-electron chi connectivity index (χ3n) is 2.48. The largest absolute Gasteiger partial charge is 0.480 e. The zero-order valence-electron chi connectivity index (χ0n) is 9.48.